The number of carboxylic acids is 1. The third-order valence-electron chi connectivity index (χ3n) is 3.57. The summed E-state index contributed by atoms with van der Waals surface area (Å²) in [6.07, 6.45) is -1.15. The van der Waals surface area contributed by atoms with Crippen molar-refractivity contribution in [3.63, 3.8) is 0 Å². The van der Waals surface area contributed by atoms with Gasteiger partial charge in [0.05, 0.1) is 0 Å². The number of aliphatic carboxylic acids is 1. The van der Waals surface area contributed by atoms with Crippen LogP contribution in [0.1, 0.15) is 54.4 Å². The fourth-order valence-corrected chi connectivity index (χ4v) is 2.37. The Morgan fingerprint density at radius 1 is 1.19 bits per heavy atom. The second-order valence-electron chi connectivity index (χ2n) is 7.34. The molecule has 0 radical (unpaired) electrons. The molecule has 9 heteroatoms. The molecule has 0 heterocycles. The Morgan fingerprint density at radius 3 is 2.08 bits per heavy atom. The van der Waals surface area contributed by atoms with E-state index in [2.05, 4.69) is 5.32 Å². The zero-order valence-electron chi connectivity index (χ0n) is 16.4. The topological polar surface area (TPSA) is 139 Å². The number of carbonyl (C=O) groups excluding carboxylic acids is 3. The number of carbonyl (C=O) groups is 4. The average Bonchev–Trinajstić information content (AvgIpc) is 2.45. The van der Waals surface area contributed by atoms with Crippen molar-refractivity contribution < 1.29 is 29.0 Å². The first-order chi connectivity index (χ1) is 11.8. The summed E-state index contributed by atoms with van der Waals surface area (Å²) in [6.45, 7) is 10.4. The van der Waals surface area contributed by atoms with Crippen molar-refractivity contribution in [2.24, 2.45) is 11.7 Å². The van der Waals surface area contributed by atoms with Gasteiger partial charge in [0.15, 0.2) is 0 Å². The summed E-state index contributed by atoms with van der Waals surface area (Å²) in [6, 6.07) is -2.00. The van der Waals surface area contributed by atoms with Gasteiger partial charge in [-0.3, -0.25) is 14.4 Å². The van der Waals surface area contributed by atoms with E-state index in [1.165, 1.54) is 4.90 Å². The zero-order valence-corrected chi connectivity index (χ0v) is 16.4. The predicted octanol–water partition coefficient (Wildman–Crippen LogP) is 1.10. The standard InChI is InChI=1S/C17H31N3O6/c1-7-20(11(14(18)23)8-9-12(21)22)15(24)13(10(2)3)19-16(25)26-17(4,5)6/h10-11,13H,7-9H2,1-6H3,(H2,18,23)(H,19,25)(H,21,22)/t11-,13+/m1/s1. The molecule has 0 aliphatic heterocycles. The molecular formula is C17H31N3O6. The number of hydrogen-bond donors (Lipinski definition) is 3. The maximum atomic E-state index is 12.9. The van der Waals surface area contributed by atoms with Crippen LogP contribution in [0, 0.1) is 5.92 Å². The first-order valence-electron chi connectivity index (χ1n) is 8.61. The van der Waals surface area contributed by atoms with E-state index in [0.29, 0.717) is 0 Å². The molecule has 0 fully saturated rings. The molecule has 0 rings (SSSR count). The third kappa shape index (κ3) is 8.17. The largest absolute Gasteiger partial charge is 0.481 e. The number of nitrogens with zero attached hydrogens (tertiary/aromatic N) is 1. The van der Waals surface area contributed by atoms with Crippen LogP contribution in [0.3, 0.4) is 0 Å². The molecule has 0 aliphatic rings. The molecule has 2 atom stereocenters. The fraction of sp³-hybridized carbons (Fsp3) is 0.765. The summed E-state index contributed by atoms with van der Waals surface area (Å²) in [7, 11) is 0. The summed E-state index contributed by atoms with van der Waals surface area (Å²) in [5.41, 5.74) is 4.63. The quantitative estimate of drug-likeness (QED) is 0.553. The van der Waals surface area contributed by atoms with Gasteiger partial charge in [0, 0.05) is 13.0 Å². The maximum absolute atomic E-state index is 12.9. The first-order valence-corrected chi connectivity index (χ1v) is 8.61. The van der Waals surface area contributed by atoms with E-state index >= 15 is 0 Å². The molecule has 0 aromatic rings. The maximum Gasteiger partial charge on any atom is 0.408 e. The highest BCUT2D eigenvalue weighted by Crippen LogP contribution is 2.14. The van der Waals surface area contributed by atoms with Crippen LogP contribution in [0.2, 0.25) is 0 Å². The number of ether oxygens (including phenoxy) is 1. The molecule has 0 saturated carbocycles. The van der Waals surface area contributed by atoms with Gasteiger partial charge in [-0.05, 0) is 40.0 Å². The molecule has 0 spiro atoms. The average molecular weight is 373 g/mol. The molecule has 150 valence electrons. The van der Waals surface area contributed by atoms with Crippen LogP contribution in [0.4, 0.5) is 4.79 Å². The van der Waals surface area contributed by atoms with Crippen molar-refractivity contribution in [1.29, 1.82) is 0 Å². The summed E-state index contributed by atoms with van der Waals surface area (Å²) in [4.78, 5) is 48.7. The molecule has 0 aromatic heterocycles. The van der Waals surface area contributed by atoms with Crippen LogP contribution < -0.4 is 11.1 Å². The highest BCUT2D eigenvalue weighted by molar-refractivity contribution is 5.91. The number of nitrogens with two attached hydrogens (primary N) is 1. The Balaban J connectivity index is 5.39. The van der Waals surface area contributed by atoms with Gasteiger partial charge < -0.3 is 25.8 Å². The summed E-state index contributed by atoms with van der Waals surface area (Å²) >= 11 is 0. The van der Waals surface area contributed by atoms with E-state index in [-0.39, 0.29) is 25.3 Å². The molecule has 0 bridgehead atoms. The van der Waals surface area contributed by atoms with Gasteiger partial charge in [-0.1, -0.05) is 13.8 Å². The third-order valence-corrected chi connectivity index (χ3v) is 3.57. The molecule has 0 aromatic carbocycles. The minimum absolute atomic E-state index is 0.0957. The van der Waals surface area contributed by atoms with Gasteiger partial charge in [0.25, 0.3) is 0 Å². The lowest BCUT2D eigenvalue weighted by Gasteiger charge is -2.33. The molecule has 0 saturated heterocycles. The van der Waals surface area contributed by atoms with Gasteiger partial charge in [-0.15, -0.1) is 0 Å². The van der Waals surface area contributed by atoms with E-state index in [4.69, 9.17) is 15.6 Å². The lowest BCUT2D eigenvalue weighted by molar-refractivity contribution is -0.143. The number of hydrogen-bond acceptors (Lipinski definition) is 5. The molecule has 26 heavy (non-hydrogen) atoms. The Hall–Kier alpha value is -2.32. The smallest absolute Gasteiger partial charge is 0.408 e. The van der Waals surface area contributed by atoms with Crippen molar-refractivity contribution in [2.45, 2.75) is 72.1 Å². The minimum atomic E-state index is -1.09. The SMILES string of the molecule is CCN(C(=O)[C@@H](NC(=O)OC(C)(C)C)C(C)C)[C@H](CCC(=O)O)C(N)=O. The van der Waals surface area contributed by atoms with Crippen molar-refractivity contribution in [2.75, 3.05) is 6.54 Å². The van der Waals surface area contributed by atoms with E-state index in [1.54, 1.807) is 41.5 Å². The second kappa shape index (κ2) is 9.98. The fourth-order valence-electron chi connectivity index (χ4n) is 2.37. The number of amides is 3. The summed E-state index contributed by atoms with van der Waals surface area (Å²) < 4.78 is 5.18. The van der Waals surface area contributed by atoms with Gasteiger partial charge in [-0.25, -0.2) is 4.79 Å². The van der Waals surface area contributed by atoms with Crippen molar-refractivity contribution in [3.8, 4) is 0 Å². The summed E-state index contributed by atoms with van der Waals surface area (Å²) in [5, 5.41) is 11.4. The van der Waals surface area contributed by atoms with Crippen molar-refractivity contribution in [3.05, 3.63) is 0 Å². The monoisotopic (exact) mass is 373 g/mol. The van der Waals surface area contributed by atoms with Gasteiger partial charge in [0.1, 0.15) is 17.7 Å². The second-order valence-corrected chi connectivity index (χ2v) is 7.34. The number of rotatable bonds is 9. The van der Waals surface area contributed by atoms with Gasteiger partial charge in [0.2, 0.25) is 11.8 Å². The van der Waals surface area contributed by atoms with Crippen LogP contribution >= 0.6 is 0 Å². The normalized spacial score (nSPS) is 13.7. The molecule has 4 N–H and O–H groups in total. The van der Waals surface area contributed by atoms with Crippen molar-refractivity contribution in [1.82, 2.24) is 10.2 Å². The number of carboxylic acid groups (broad SMARTS) is 1. The van der Waals surface area contributed by atoms with Gasteiger partial charge >= 0.3 is 12.1 Å². The van der Waals surface area contributed by atoms with E-state index < -0.39 is 41.6 Å². The molecule has 0 unspecified atom stereocenters. The molecular weight excluding hydrogens is 342 g/mol. The van der Waals surface area contributed by atoms with Crippen LogP contribution in [0.15, 0.2) is 0 Å². The van der Waals surface area contributed by atoms with E-state index in [0.717, 1.165) is 0 Å². The highest BCUT2D eigenvalue weighted by atomic mass is 16.6. The zero-order chi connectivity index (χ0) is 20.7. The molecule has 9 nitrogen and oxygen atoms in total. The Bertz CT molecular complexity index is 527. The molecule has 3 amide bonds. The van der Waals surface area contributed by atoms with Crippen LogP contribution in [0.5, 0.6) is 0 Å². The first kappa shape index (κ1) is 23.7. The Morgan fingerprint density at radius 2 is 1.73 bits per heavy atom. The lowest BCUT2D eigenvalue weighted by atomic mass is 10.0. The van der Waals surface area contributed by atoms with Crippen LogP contribution in [0.25, 0.3) is 0 Å². The predicted molar refractivity (Wildman–Crippen MR) is 95.2 cm³/mol. The molecule has 0 aliphatic carbocycles. The van der Waals surface area contributed by atoms with Crippen LogP contribution in [-0.2, 0) is 19.1 Å². The summed E-state index contributed by atoms with van der Waals surface area (Å²) in [5.74, 6) is -2.67. The number of alkyl carbamates (subject to hydrolysis) is 1. The minimum Gasteiger partial charge on any atom is -0.481 e. The van der Waals surface area contributed by atoms with Crippen molar-refractivity contribution >= 4 is 23.9 Å². The van der Waals surface area contributed by atoms with Crippen LogP contribution in [-0.4, -0.2) is 58.1 Å². The van der Waals surface area contributed by atoms with E-state index in [1.807, 2.05) is 0 Å². The number of primary amides is 1. The number of likely N-dealkylation sites (N-methyl/N-ethyl adjacent to an activating group) is 1. The highest BCUT2D eigenvalue weighted by Gasteiger charge is 2.35. The van der Waals surface area contributed by atoms with E-state index in [9.17, 15) is 19.2 Å². The lowest BCUT2D eigenvalue weighted by Crippen LogP contribution is -2.57. The van der Waals surface area contributed by atoms with Gasteiger partial charge in [-0.2, -0.15) is 0 Å². The Kier molecular flexibility index (Phi) is 9.09. The number of nitrogens with one attached hydrogen (secondary N) is 1. The Labute approximate surface area is 154 Å².